The molecule has 0 aliphatic heterocycles. The SMILES string of the molecule is CC1C(=O)[C@@H]2CC[C@H](O[Si](C)(C)C(C)(C)C)[C@@H](C#C[C@H](CC3CCCC3)O[Si](C)(C)C(C)(C)C)[C@H]12. The molecule has 3 saturated carbocycles. The van der Waals surface area contributed by atoms with Gasteiger partial charge in [-0.15, -0.1) is 0 Å². The van der Waals surface area contributed by atoms with Gasteiger partial charge in [0.15, 0.2) is 16.6 Å². The van der Waals surface area contributed by atoms with Crippen molar-refractivity contribution >= 4 is 22.4 Å². The number of hydrogen-bond acceptors (Lipinski definition) is 3. The molecular formula is C30H54O3Si2. The first-order valence-corrected chi connectivity index (χ1v) is 20.2. The number of carbonyl (C=O) groups excluding carboxylic acids is 1. The second-order valence-electron chi connectivity index (χ2n) is 14.9. The summed E-state index contributed by atoms with van der Waals surface area (Å²) < 4.78 is 13.9. The zero-order chi connectivity index (χ0) is 26.4. The van der Waals surface area contributed by atoms with Gasteiger partial charge in [-0.2, -0.15) is 0 Å². The fourth-order valence-corrected chi connectivity index (χ4v) is 8.49. The van der Waals surface area contributed by atoms with Gasteiger partial charge in [0.2, 0.25) is 0 Å². The minimum absolute atomic E-state index is 0.000950. The van der Waals surface area contributed by atoms with Crippen LogP contribution in [0, 0.1) is 41.4 Å². The van der Waals surface area contributed by atoms with Gasteiger partial charge in [0.1, 0.15) is 11.9 Å². The van der Waals surface area contributed by atoms with Crippen LogP contribution in [0.25, 0.3) is 0 Å². The summed E-state index contributed by atoms with van der Waals surface area (Å²) in [5.41, 5.74) is 0. The molecule has 5 heteroatoms. The van der Waals surface area contributed by atoms with Gasteiger partial charge in [0.25, 0.3) is 0 Å². The molecule has 200 valence electrons. The molecule has 0 saturated heterocycles. The lowest BCUT2D eigenvalue weighted by Gasteiger charge is -2.52. The third-order valence-electron chi connectivity index (χ3n) is 10.4. The van der Waals surface area contributed by atoms with Crippen LogP contribution in [-0.2, 0) is 13.6 Å². The van der Waals surface area contributed by atoms with Crippen molar-refractivity contribution in [2.75, 3.05) is 0 Å². The van der Waals surface area contributed by atoms with Crippen LogP contribution in [0.4, 0.5) is 0 Å². The van der Waals surface area contributed by atoms with Crippen molar-refractivity contribution in [1.29, 1.82) is 0 Å². The Morgan fingerprint density at radius 1 is 0.914 bits per heavy atom. The summed E-state index contributed by atoms with van der Waals surface area (Å²) in [6.07, 6.45) is 8.45. The fourth-order valence-electron chi connectivity index (χ4n) is 5.90. The second kappa shape index (κ2) is 10.4. The summed E-state index contributed by atoms with van der Waals surface area (Å²) in [6.45, 7) is 25.4. The van der Waals surface area contributed by atoms with Gasteiger partial charge in [-0.05, 0) is 67.4 Å². The molecule has 35 heavy (non-hydrogen) atoms. The monoisotopic (exact) mass is 518 g/mol. The molecule has 6 atom stereocenters. The van der Waals surface area contributed by atoms with E-state index in [9.17, 15) is 4.79 Å². The van der Waals surface area contributed by atoms with Crippen molar-refractivity contribution in [2.45, 2.75) is 142 Å². The maximum absolute atomic E-state index is 12.7. The third-order valence-corrected chi connectivity index (χ3v) is 19.4. The molecule has 1 unspecified atom stereocenters. The molecule has 3 nitrogen and oxygen atoms in total. The molecule has 0 aromatic rings. The average molecular weight is 519 g/mol. The predicted octanol–water partition coefficient (Wildman–Crippen LogP) is 8.21. The van der Waals surface area contributed by atoms with Crippen molar-refractivity contribution in [3.8, 4) is 11.8 Å². The van der Waals surface area contributed by atoms with Crippen LogP contribution in [-0.4, -0.2) is 34.6 Å². The highest BCUT2D eigenvalue weighted by Crippen LogP contribution is 2.51. The van der Waals surface area contributed by atoms with Gasteiger partial charge in [-0.3, -0.25) is 4.79 Å². The van der Waals surface area contributed by atoms with Crippen LogP contribution in [0.1, 0.15) is 93.4 Å². The van der Waals surface area contributed by atoms with Crippen LogP contribution in [0.2, 0.25) is 36.3 Å². The first-order valence-electron chi connectivity index (χ1n) is 14.3. The van der Waals surface area contributed by atoms with E-state index in [1.165, 1.54) is 25.7 Å². The summed E-state index contributed by atoms with van der Waals surface area (Å²) in [6, 6.07) is 0. The Labute approximate surface area is 219 Å². The Hall–Kier alpha value is -0.416. The molecule has 3 aliphatic rings. The molecule has 0 aromatic carbocycles. The normalized spacial score (nSPS) is 31.4. The minimum atomic E-state index is -1.93. The molecule has 0 heterocycles. The maximum atomic E-state index is 12.7. The van der Waals surface area contributed by atoms with Gasteiger partial charge >= 0.3 is 0 Å². The molecule has 0 spiro atoms. The first-order chi connectivity index (χ1) is 15.9. The highest BCUT2D eigenvalue weighted by Gasteiger charge is 2.56. The van der Waals surface area contributed by atoms with Crippen molar-refractivity contribution in [3.63, 3.8) is 0 Å². The van der Waals surface area contributed by atoms with E-state index in [1.807, 2.05) is 0 Å². The van der Waals surface area contributed by atoms with Gasteiger partial charge in [-0.1, -0.05) is 86.0 Å². The number of rotatable bonds is 6. The van der Waals surface area contributed by atoms with E-state index in [2.05, 4.69) is 86.5 Å². The Bertz CT molecular complexity index is 817. The minimum Gasteiger partial charge on any atom is -0.413 e. The predicted molar refractivity (Wildman–Crippen MR) is 152 cm³/mol. The highest BCUT2D eigenvalue weighted by atomic mass is 28.4. The molecule has 0 aromatic heterocycles. The van der Waals surface area contributed by atoms with Crippen molar-refractivity contribution < 1.29 is 13.6 Å². The Balaban J connectivity index is 1.89. The molecule has 0 N–H and O–H groups in total. The summed E-state index contributed by atoms with van der Waals surface area (Å²) in [5.74, 6) is 9.46. The summed E-state index contributed by atoms with van der Waals surface area (Å²) in [7, 11) is -3.86. The summed E-state index contributed by atoms with van der Waals surface area (Å²) in [5, 5.41) is 0.334. The Morgan fingerprint density at radius 3 is 2.03 bits per heavy atom. The van der Waals surface area contributed by atoms with Crippen molar-refractivity contribution in [3.05, 3.63) is 0 Å². The van der Waals surface area contributed by atoms with E-state index in [1.54, 1.807) is 0 Å². The lowest BCUT2D eigenvalue weighted by molar-refractivity contribution is -0.151. The van der Waals surface area contributed by atoms with Crippen LogP contribution < -0.4 is 0 Å². The smallest absolute Gasteiger partial charge is 0.193 e. The molecule has 3 fully saturated rings. The Morgan fingerprint density at radius 2 is 1.49 bits per heavy atom. The number of ketones is 1. The molecule has 3 rings (SSSR count). The van der Waals surface area contributed by atoms with Crippen LogP contribution >= 0.6 is 0 Å². The number of Topliss-reactive ketones (excluding diaryl/α,β-unsaturated/α-hetero) is 1. The number of fused-ring (bicyclic) bond motifs is 1. The van der Waals surface area contributed by atoms with E-state index in [4.69, 9.17) is 8.85 Å². The third kappa shape index (κ3) is 6.36. The van der Waals surface area contributed by atoms with Crippen molar-refractivity contribution in [2.24, 2.45) is 29.6 Å². The largest absolute Gasteiger partial charge is 0.413 e. The zero-order valence-electron chi connectivity index (χ0n) is 24.7. The summed E-state index contributed by atoms with van der Waals surface area (Å²) >= 11 is 0. The second-order valence-corrected chi connectivity index (χ2v) is 24.4. The lowest BCUT2D eigenvalue weighted by atomic mass is 9.53. The van der Waals surface area contributed by atoms with Gasteiger partial charge in [-0.25, -0.2) is 0 Å². The molecule has 0 bridgehead atoms. The molecule has 0 radical (unpaired) electrons. The topological polar surface area (TPSA) is 35.5 Å². The van der Waals surface area contributed by atoms with E-state index in [-0.39, 0.29) is 40.0 Å². The first kappa shape index (κ1) is 29.1. The van der Waals surface area contributed by atoms with Crippen LogP contribution in [0.3, 0.4) is 0 Å². The zero-order valence-corrected chi connectivity index (χ0v) is 26.7. The molecule has 0 amide bonds. The van der Waals surface area contributed by atoms with Crippen molar-refractivity contribution in [1.82, 2.24) is 0 Å². The van der Waals surface area contributed by atoms with Gasteiger partial charge in [0, 0.05) is 17.8 Å². The average Bonchev–Trinajstić information content (AvgIpc) is 3.22. The summed E-state index contributed by atoms with van der Waals surface area (Å²) in [4.78, 5) is 12.7. The Kier molecular flexibility index (Phi) is 8.65. The number of hydrogen-bond donors (Lipinski definition) is 0. The molecule has 3 aliphatic carbocycles. The molecular weight excluding hydrogens is 464 g/mol. The van der Waals surface area contributed by atoms with Crippen LogP contribution in [0.5, 0.6) is 0 Å². The van der Waals surface area contributed by atoms with Gasteiger partial charge in [0.05, 0.1) is 6.10 Å². The van der Waals surface area contributed by atoms with E-state index in [0.29, 0.717) is 11.7 Å². The van der Waals surface area contributed by atoms with Crippen LogP contribution in [0.15, 0.2) is 0 Å². The fraction of sp³-hybridized carbons (Fsp3) is 0.900. The van der Waals surface area contributed by atoms with E-state index in [0.717, 1.165) is 25.2 Å². The standard InChI is InChI=1S/C30H54O3Si2/c1-21-27-24(26(19-18-25(27)28(21)31)33-35(10,11)30(5,6)7)17-16-23(20-22-14-12-13-15-22)32-34(8,9)29(2,3)4/h21-27H,12-15,18-20H2,1-11H3/t21?,23-,24-,25-,26+,27+/m1/s1. The highest BCUT2D eigenvalue weighted by molar-refractivity contribution is 6.74. The van der Waals surface area contributed by atoms with E-state index >= 15 is 0 Å². The lowest BCUT2D eigenvalue weighted by Crippen LogP contribution is -2.57. The number of carbonyl (C=O) groups is 1. The maximum Gasteiger partial charge on any atom is 0.193 e. The van der Waals surface area contributed by atoms with Gasteiger partial charge < -0.3 is 8.85 Å². The van der Waals surface area contributed by atoms with E-state index < -0.39 is 16.6 Å². The quantitative estimate of drug-likeness (QED) is 0.262.